The lowest BCUT2D eigenvalue weighted by atomic mass is 10.1. The van der Waals surface area contributed by atoms with Crippen molar-refractivity contribution in [2.75, 3.05) is 32.2 Å². The number of hydrogen-bond acceptors (Lipinski definition) is 2. The van der Waals surface area contributed by atoms with Gasteiger partial charge in [-0.2, -0.15) is 13.2 Å². The predicted molar refractivity (Wildman–Crippen MR) is 47.6 cm³/mol. The molecule has 1 rings (SSSR count). The Hall–Kier alpha value is -0.0000000000000000416. The molecule has 1 aliphatic rings. The third-order valence-corrected chi connectivity index (χ3v) is 2.47. The molecule has 1 saturated heterocycles. The van der Waals surface area contributed by atoms with Crippen molar-refractivity contribution in [2.45, 2.75) is 18.6 Å². The predicted octanol–water partition coefficient (Wildman–Crippen LogP) is 1.88. The summed E-state index contributed by atoms with van der Waals surface area (Å²) in [7, 11) is 0. The molecule has 1 atom stereocenters. The molecule has 0 spiro atoms. The highest BCUT2D eigenvalue weighted by Crippen LogP contribution is 2.28. The molecule has 84 valence electrons. The van der Waals surface area contributed by atoms with E-state index in [1.165, 1.54) is 4.90 Å². The van der Waals surface area contributed by atoms with Gasteiger partial charge in [0.2, 0.25) is 0 Å². The van der Waals surface area contributed by atoms with Gasteiger partial charge in [-0.1, -0.05) is 0 Å². The number of hydrogen-bond donors (Lipinski definition) is 0. The summed E-state index contributed by atoms with van der Waals surface area (Å²) in [6.07, 6.45) is -4.24. The first kappa shape index (κ1) is 12.1. The van der Waals surface area contributed by atoms with Crippen LogP contribution in [0, 0.1) is 0 Å². The lowest BCUT2D eigenvalue weighted by Gasteiger charge is -2.35. The molecule has 14 heavy (non-hydrogen) atoms. The molecule has 0 saturated carbocycles. The maximum absolute atomic E-state index is 12.6. The molecule has 6 heteroatoms. The normalized spacial score (nSPS) is 22.3. The van der Waals surface area contributed by atoms with E-state index in [4.69, 9.17) is 16.3 Å². The largest absolute Gasteiger partial charge is 0.404 e. The molecule has 0 aromatic heterocycles. The molecule has 1 aliphatic heterocycles. The van der Waals surface area contributed by atoms with Crippen molar-refractivity contribution in [2.24, 2.45) is 0 Å². The van der Waals surface area contributed by atoms with Gasteiger partial charge in [0.25, 0.3) is 0 Å². The van der Waals surface area contributed by atoms with Crippen molar-refractivity contribution in [3.63, 3.8) is 0 Å². The molecule has 1 unspecified atom stereocenters. The maximum Gasteiger partial charge on any atom is 0.404 e. The average Bonchev–Trinajstić information content (AvgIpc) is 2.14. The molecular weight excluding hydrogens is 219 g/mol. The van der Waals surface area contributed by atoms with Crippen LogP contribution in [0.25, 0.3) is 0 Å². The Labute approximate surface area is 86.0 Å². The fourth-order valence-electron chi connectivity index (χ4n) is 1.55. The SMILES string of the molecule is FC(F)(F)C(CCCl)N1CCOCC1. The molecule has 2 nitrogen and oxygen atoms in total. The monoisotopic (exact) mass is 231 g/mol. The van der Waals surface area contributed by atoms with Crippen molar-refractivity contribution in [1.29, 1.82) is 0 Å². The van der Waals surface area contributed by atoms with Gasteiger partial charge in [0.1, 0.15) is 6.04 Å². The smallest absolute Gasteiger partial charge is 0.379 e. The second-order valence-corrected chi connectivity index (χ2v) is 3.56. The number of ether oxygens (including phenoxy) is 1. The van der Waals surface area contributed by atoms with Gasteiger partial charge in [0.15, 0.2) is 0 Å². The summed E-state index contributed by atoms with van der Waals surface area (Å²) in [5.74, 6) is 0.0293. The van der Waals surface area contributed by atoms with E-state index in [-0.39, 0.29) is 12.3 Å². The van der Waals surface area contributed by atoms with E-state index in [2.05, 4.69) is 0 Å². The Morgan fingerprint density at radius 2 is 1.86 bits per heavy atom. The van der Waals surface area contributed by atoms with Gasteiger partial charge >= 0.3 is 6.18 Å². The Morgan fingerprint density at radius 1 is 1.29 bits per heavy atom. The summed E-state index contributed by atoms with van der Waals surface area (Å²) in [6.45, 7) is 1.41. The topological polar surface area (TPSA) is 12.5 Å². The minimum Gasteiger partial charge on any atom is -0.379 e. The number of halogens is 4. The maximum atomic E-state index is 12.6. The van der Waals surface area contributed by atoms with Gasteiger partial charge in [0, 0.05) is 19.0 Å². The molecule has 1 heterocycles. The van der Waals surface area contributed by atoms with E-state index in [1.54, 1.807) is 0 Å². The van der Waals surface area contributed by atoms with E-state index >= 15 is 0 Å². The Bertz CT molecular complexity index is 170. The Balaban J connectivity index is 2.56. The molecule has 0 aromatic carbocycles. The highest BCUT2D eigenvalue weighted by Gasteiger charge is 2.43. The summed E-state index contributed by atoms with van der Waals surface area (Å²) in [5, 5.41) is 0. The molecule has 0 aliphatic carbocycles. The zero-order valence-electron chi connectivity index (χ0n) is 7.69. The summed E-state index contributed by atoms with van der Waals surface area (Å²) in [4.78, 5) is 1.39. The highest BCUT2D eigenvalue weighted by molar-refractivity contribution is 6.17. The first-order valence-corrected chi connectivity index (χ1v) is 5.03. The minimum absolute atomic E-state index is 0.0293. The van der Waals surface area contributed by atoms with Crippen LogP contribution in [0.15, 0.2) is 0 Å². The summed E-state index contributed by atoms with van der Waals surface area (Å²) in [6, 6.07) is -1.41. The lowest BCUT2D eigenvalue weighted by Crippen LogP contribution is -2.50. The number of morpholine rings is 1. The van der Waals surface area contributed by atoms with Gasteiger partial charge in [0.05, 0.1) is 13.2 Å². The molecule has 0 aromatic rings. The molecule has 0 amide bonds. The molecule has 0 radical (unpaired) electrons. The van der Waals surface area contributed by atoms with Crippen LogP contribution in [0.1, 0.15) is 6.42 Å². The van der Waals surface area contributed by atoms with Crippen LogP contribution >= 0.6 is 11.6 Å². The van der Waals surface area contributed by atoms with Crippen LogP contribution in [-0.4, -0.2) is 49.3 Å². The third-order valence-electron chi connectivity index (χ3n) is 2.25. The minimum atomic E-state index is -4.19. The second kappa shape index (κ2) is 5.19. The van der Waals surface area contributed by atoms with Crippen LogP contribution < -0.4 is 0 Å². The summed E-state index contributed by atoms with van der Waals surface area (Å²) >= 11 is 5.36. The van der Waals surface area contributed by atoms with E-state index in [0.29, 0.717) is 26.3 Å². The zero-order chi connectivity index (χ0) is 10.6. The lowest BCUT2D eigenvalue weighted by molar-refractivity contribution is -0.192. The fourth-order valence-corrected chi connectivity index (χ4v) is 1.75. The van der Waals surface area contributed by atoms with E-state index in [9.17, 15) is 13.2 Å². The van der Waals surface area contributed by atoms with Crippen molar-refractivity contribution in [3.05, 3.63) is 0 Å². The second-order valence-electron chi connectivity index (χ2n) is 3.18. The van der Waals surface area contributed by atoms with E-state index < -0.39 is 12.2 Å². The van der Waals surface area contributed by atoms with Gasteiger partial charge in [-0.3, -0.25) is 4.90 Å². The van der Waals surface area contributed by atoms with Gasteiger partial charge < -0.3 is 4.74 Å². The van der Waals surface area contributed by atoms with Crippen LogP contribution in [0.4, 0.5) is 13.2 Å². The van der Waals surface area contributed by atoms with E-state index in [0.717, 1.165) is 0 Å². The Morgan fingerprint density at radius 3 is 2.29 bits per heavy atom. The molecule has 0 N–H and O–H groups in total. The van der Waals surface area contributed by atoms with Crippen LogP contribution in [0.3, 0.4) is 0 Å². The van der Waals surface area contributed by atoms with Crippen molar-refractivity contribution >= 4 is 11.6 Å². The first-order valence-electron chi connectivity index (χ1n) is 4.50. The molecular formula is C8H13ClF3NO. The van der Waals surface area contributed by atoms with Crippen LogP contribution in [0.2, 0.25) is 0 Å². The number of rotatable bonds is 3. The fraction of sp³-hybridized carbons (Fsp3) is 1.00. The molecule has 1 fully saturated rings. The third kappa shape index (κ3) is 3.29. The van der Waals surface area contributed by atoms with Crippen LogP contribution in [0.5, 0.6) is 0 Å². The van der Waals surface area contributed by atoms with Gasteiger partial charge in [-0.05, 0) is 6.42 Å². The average molecular weight is 232 g/mol. The number of nitrogens with zero attached hydrogens (tertiary/aromatic N) is 1. The standard InChI is InChI=1S/C8H13ClF3NO/c9-2-1-7(8(10,11)12)13-3-5-14-6-4-13/h7H,1-6H2. The van der Waals surface area contributed by atoms with E-state index in [1.807, 2.05) is 0 Å². The summed E-state index contributed by atoms with van der Waals surface area (Å²) in [5.41, 5.74) is 0. The van der Waals surface area contributed by atoms with Gasteiger partial charge in [-0.25, -0.2) is 0 Å². The van der Waals surface area contributed by atoms with Crippen molar-refractivity contribution < 1.29 is 17.9 Å². The first-order chi connectivity index (χ1) is 6.55. The van der Waals surface area contributed by atoms with Crippen molar-refractivity contribution in [1.82, 2.24) is 4.90 Å². The highest BCUT2D eigenvalue weighted by atomic mass is 35.5. The van der Waals surface area contributed by atoms with Crippen molar-refractivity contribution in [3.8, 4) is 0 Å². The Kier molecular flexibility index (Phi) is 4.47. The zero-order valence-corrected chi connectivity index (χ0v) is 8.44. The molecule has 0 bridgehead atoms. The van der Waals surface area contributed by atoms with Gasteiger partial charge in [-0.15, -0.1) is 11.6 Å². The quantitative estimate of drug-likeness (QED) is 0.688. The number of alkyl halides is 4. The summed E-state index contributed by atoms with van der Waals surface area (Å²) < 4.78 is 42.7. The van der Waals surface area contributed by atoms with Crippen LogP contribution in [-0.2, 0) is 4.74 Å².